The Bertz CT molecular complexity index is 992. The van der Waals surface area contributed by atoms with E-state index in [0.29, 0.717) is 5.56 Å². The van der Waals surface area contributed by atoms with E-state index >= 15 is 0 Å². The molecule has 160 valence electrons. The lowest BCUT2D eigenvalue weighted by Gasteiger charge is -2.38. The largest absolute Gasteiger partial charge is 0.289 e. The number of nitrogens with one attached hydrogen (secondary N) is 1. The maximum atomic E-state index is 14.2. The Morgan fingerprint density at radius 1 is 1.07 bits per heavy atom. The highest BCUT2D eigenvalue weighted by molar-refractivity contribution is 7.89. The van der Waals surface area contributed by atoms with Gasteiger partial charge in [0.25, 0.3) is 5.91 Å². The summed E-state index contributed by atoms with van der Waals surface area (Å²) in [5.74, 6) is -1.19. The maximum absolute atomic E-state index is 14.2. The number of benzene rings is 2. The number of sulfonamides is 1. The molecule has 1 heterocycles. The smallest absolute Gasteiger partial charge is 0.265 e. The number of hydrogen-bond donors (Lipinski definition) is 2. The molecule has 1 aliphatic rings. The van der Waals surface area contributed by atoms with Crippen LogP contribution >= 0.6 is 0 Å². The van der Waals surface area contributed by atoms with Crippen molar-refractivity contribution in [3.05, 3.63) is 84.2 Å². The Labute approximate surface area is 175 Å². The Kier molecular flexibility index (Phi) is 6.99. The number of hydrogen-bond acceptors (Lipinski definition) is 5. The van der Waals surface area contributed by atoms with E-state index < -0.39 is 33.0 Å². The van der Waals surface area contributed by atoms with E-state index in [1.807, 2.05) is 6.07 Å². The third kappa shape index (κ3) is 4.44. The first-order valence-electron chi connectivity index (χ1n) is 9.49. The molecule has 30 heavy (non-hydrogen) atoms. The number of carbonyl (C=O) groups excluding carboxylic acids is 1. The van der Waals surface area contributed by atoms with Crippen molar-refractivity contribution < 1.29 is 22.8 Å². The zero-order valence-electron chi connectivity index (χ0n) is 16.3. The third-order valence-corrected chi connectivity index (χ3v) is 7.39. The lowest BCUT2D eigenvalue weighted by atomic mass is 10.0. The zero-order valence-corrected chi connectivity index (χ0v) is 17.1. The molecule has 2 unspecified atom stereocenters. The molecule has 2 N–H and O–H groups in total. The molecule has 2 aromatic carbocycles. The molecule has 0 aliphatic carbocycles. The lowest BCUT2D eigenvalue weighted by molar-refractivity contribution is -0.135. The normalized spacial score (nSPS) is 17.8. The summed E-state index contributed by atoms with van der Waals surface area (Å²) in [4.78, 5) is 14.1. The molecule has 9 heteroatoms. The van der Waals surface area contributed by atoms with Crippen LogP contribution in [0.25, 0.3) is 0 Å². The van der Waals surface area contributed by atoms with Gasteiger partial charge in [-0.3, -0.25) is 14.9 Å². The summed E-state index contributed by atoms with van der Waals surface area (Å²) < 4.78 is 41.8. The summed E-state index contributed by atoms with van der Waals surface area (Å²) in [7, 11) is -3.89. The minimum absolute atomic E-state index is 0.0525. The van der Waals surface area contributed by atoms with Crippen molar-refractivity contribution in [1.29, 1.82) is 0 Å². The number of rotatable bonds is 7. The summed E-state index contributed by atoms with van der Waals surface area (Å²) in [5.41, 5.74) is 2.43. The predicted molar refractivity (Wildman–Crippen MR) is 111 cm³/mol. The number of halogens is 1. The highest BCUT2D eigenvalue weighted by Crippen LogP contribution is 2.30. The fraction of sp³-hybridized carbons (Fsp3) is 0.286. The van der Waals surface area contributed by atoms with Crippen LogP contribution in [0.15, 0.2) is 67.3 Å². The molecule has 7 nitrogen and oxygen atoms in total. The van der Waals surface area contributed by atoms with E-state index in [1.165, 1.54) is 28.6 Å². The fourth-order valence-corrected chi connectivity index (χ4v) is 5.46. The summed E-state index contributed by atoms with van der Waals surface area (Å²) in [6, 6.07) is 13.9. The molecule has 1 saturated heterocycles. The third-order valence-electron chi connectivity index (χ3n) is 5.22. The Morgan fingerprint density at radius 2 is 1.67 bits per heavy atom. The van der Waals surface area contributed by atoms with E-state index in [9.17, 15) is 17.6 Å². The van der Waals surface area contributed by atoms with Crippen LogP contribution in [0.3, 0.4) is 0 Å². The fourth-order valence-electron chi connectivity index (χ4n) is 3.72. The van der Waals surface area contributed by atoms with E-state index in [-0.39, 0.29) is 31.7 Å². The summed E-state index contributed by atoms with van der Waals surface area (Å²) >= 11 is 0. The van der Waals surface area contributed by atoms with Gasteiger partial charge in [0.1, 0.15) is 17.1 Å². The molecule has 3 rings (SSSR count). The molecule has 0 saturated carbocycles. The molecule has 0 bridgehead atoms. The van der Waals surface area contributed by atoms with Crippen molar-refractivity contribution in [2.24, 2.45) is 0 Å². The Hall–Kier alpha value is -2.59. The number of hydroxylamine groups is 1. The van der Waals surface area contributed by atoms with E-state index in [4.69, 9.17) is 5.21 Å². The maximum Gasteiger partial charge on any atom is 0.265 e. The predicted octanol–water partition coefficient (Wildman–Crippen LogP) is 2.25. The molecule has 1 amide bonds. The van der Waals surface area contributed by atoms with Gasteiger partial charge in [-0.1, -0.05) is 54.6 Å². The van der Waals surface area contributed by atoms with E-state index in [0.717, 1.165) is 0 Å². The molecule has 1 aliphatic heterocycles. The van der Waals surface area contributed by atoms with Crippen molar-refractivity contribution in [3.8, 4) is 0 Å². The van der Waals surface area contributed by atoms with Gasteiger partial charge in [-0.2, -0.15) is 4.31 Å². The van der Waals surface area contributed by atoms with Gasteiger partial charge < -0.3 is 0 Å². The highest BCUT2D eigenvalue weighted by Gasteiger charge is 2.37. The number of nitrogens with zero attached hydrogens (tertiary/aromatic N) is 2. The lowest BCUT2D eigenvalue weighted by Crippen LogP contribution is -2.52. The molecular weight excluding hydrogens is 409 g/mol. The van der Waals surface area contributed by atoms with Crippen LogP contribution < -0.4 is 5.48 Å². The summed E-state index contributed by atoms with van der Waals surface area (Å²) in [6.07, 6.45) is 1.23. The van der Waals surface area contributed by atoms with Crippen molar-refractivity contribution >= 4 is 15.9 Å². The van der Waals surface area contributed by atoms with Gasteiger partial charge in [0.05, 0.1) is 0 Å². The van der Waals surface area contributed by atoms with E-state index in [1.54, 1.807) is 40.7 Å². The zero-order chi connectivity index (χ0) is 21.7. The van der Waals surface area contributed by atoms with Gasteiger partial charge >= 0.3 is 0 Å². The minimum atomic E-state index is -3.89. The molecule has 0 spiro atoms. The van der Waals surface area contributed by atoms with Crippen LogP contribution in [-0.2, 0) is 14.8 Å². The van der Waals surface area contributed by atoms with Crippen LogP contribution in [0.5, 0.6) is 0 Å². The number of amides is 1. The monoisotopic (exact) mass is 433 g/mol. The molecule has 2 atom stereocenters. The molecule has 0 aromatic heterocycles. The van der Waals surface area contributed by atoms with Crippen molar-refractivity contribution in [1.82, 2.24) is 14.7 Å². The first kappa shape index (κ1) is 22.1. The number of piperazine rings is 1. The van der Waals surface area contributed by atoms with Crippen LogP contribution in [0.4, 0.5) is 4.39 Å². The van der Waals surface area contributed by atoms with Gasteiger partial charge in [-0.15, -0.1) is 6.58 Å². The Morgan fingerprint density at radius 3 is 2.23 bits per heavy atom. The van der Waals surface area contributed by atoms with Gasteiger partial charge in [0.15, 0.2) is 0 Å². The van der Waals surface area contributed by atoms with Crippen LogP contribution in [0.2, 0.25) is 0 Å². The molecule has 1 fully saturated rings. The quantitative estimate of drug-likeness (QED) is 0.397. The second-order valence-electron chi connectivity index (χ2n) is 6.95. The van der Waals surface area contributed by atoms with Gasteiger partial charge in [0, 0.05) is 31.7 Å². The first-order chi connectivity index (χ1) is 14.4. The van der Waals surface area contributed by atoms with Gasteiger partial charge in [0.2, 0.25) is 10.0 Å². The van der Waals surface area contributed by atoms with E-state index in [2.05, 4.69) is 6.58 Å². The van der Waals surface area contributed by atoms with Crippen molar-refractivity contribution in [3.63, 3.8) is 0 Å². The van der Waals surface area contributed by atoms with Gasteiger partial charge in [-0.25, -0.2) is 18.3 Å². The first-order valence-corrected chi connectivity index (χ1v) is 11.0. The van der Waals surface area contributed by atoms with Crippen LogP contribution in [0.1, 0.15) is 22.4 Å². The van der Waals surface area contributed by atoms with Crippen LogP contribution in [0, 0.1) is 5.82 Å². The molecular formula is C21H24FN3O4S. The topological polar surface area (TPSA) is 90.0 Å². The number of carbonyl (C=O) groups is 1. The molecule has 2 aromatic rings. The average Bonchev–Trinajstić information content (AvgIpc) is 2.76. The SMILES string of the molecule is C=CC(c1ccccc1F)S(=O)(=O)N1CCN(C(C(=O)NO)c2ccccc2)CC1. The Balaban J connectivity index is 1.79. The second-order valence-corrected chi connectivity index (χ2v) is 9.00. The standard InChI is InChI=1S/C21H24FN3O4S/c1-2-19(17-10-6-7-11-18(17)22)30(28,29)25-14-12-24(13-15-25)20(21(26)23-27)16-8-4-3-5-9-16/h2-11,19-20,27H,1,12-15H2,(H,23,26). The van der Waals surface area contributed by atoms with Crippen molar-refractivity contribution in [2.75, 3.05) is 26.2 Å². The van der Waals surface area contributed by atoms with Crippen molar-refractivity contribution in [2.45, 2.75) is 11.3 Å². The average molecular weight is 434 g/mol. The van der Waals surface area contributed by atoms with Crippen LogP contribution in [-0.4, -0.2) is 54.9 Å². The second kappa shape index (κ2) is 9.48. The van der Waals surface area contributed by atoms with Gasteiger partial charge in [-0.05, 0) is 11.6 Å². The molecule has 0 radical (unpaired) electrons. The minimum Gasteiger partial charge on any atom is -0.289 e. The highest BCUT2D eigenvalue weighted by atomic mass is 32.2. The summed E-state index contributed by atoms with van der Waals surface area (Å²) in [5, 5.41) is 7.96. The summed E-state index contributed by atoms with van der Waals surface area (Å²) in [6.45, 7) is 4.39.